The minimum atomic E-state index is -3.70. The fraction of sp³-hybridized carbons (Fsp3) is 0.571. The van der Waals surface area contributed by atoms with E-state index in [1.807, 2.05) is 0 Å². The SMILES string of the molecule is CCC1CCCCC1Oc1ccc(S(=O)(=O)Cl)cc1Br. The summed E-state index contributed by atoms with van der Waals surface area (Å²) in [6.07, 6.45) is 6.03. The quantitative estimate of drug-likeness (QED) is 0.708. The topological polar surface area (TPSA) is 43.4 Å². The summed E-state index contributed by atoms with van der Waals surface area (Å²) < 4.78 is 29.3. The summed E-state index contributed by atoms with van der Waals surface area (Å²) in [6.45, 7) is 2.19. The highest BCUT2D eigenvalue weighted by atomic mass is 79.9. The molecule has 1 aliphatic rings. The Morgan fingerprint density at radius 3 is 2.65 bits per heavy atom. The molecule has 0 amide bonds. The number of hydrogen-bond donors (Lipinski definition) is 0. The molecule has 1 aromatic rings. The normalized spacial score (nSPS) is 23.6. The van der Waals surface area contributed by atoms with Crippen molar-refractivity contribution in [3.05, 3.63) is 22.7 Å². The minimum Gasteiger partial charge on any atom is -0.489 e. The molecule has 0 bridgehead atoms. The van der Waals surface area contributed by atoms with Gasteiger partial charge in [0.25, 0.3) is 9.05 Å². The number of ether oxygens (including phenoxy) is 1. The Hall–Kier alpha value is -0.260. The van der Waals surface area contributed by atoms with E-state index in [-0.39, 0.29) is 11.0 Å². The lowest BCUT2D eigenvalue weighted by molar-refractivity contribution is 0.0896. The first-order chi connectivity index (χ1) is 9.41. The van der Waals surface area contributed by atoms with Crippen LogP contribution in [0.4, 0.5) is 0 Å². The molecule has 0 radical (unpaired) electrons. The summed E-state index contributed by atoms with van der Waals surface area (Å²) in [5.74, 6) is 1.26. The Kier molecular flexibility index (Phi) is 5.37. The van der Waals surface area contributed by atoms with Gasteiger partial charge in [-0.3, -0.25) is 0 Å². The second-order valence-corrected chi connectivity index (χ2v) is 8.56. The van der Waals surface area contributed by atoms with Crippen LogP contribution in [0.3, 0.4) is 0 Å². The van der Waals surface area contributed by atoms with Crippen LogP contribution in [0, 0.1) is 5.92 Å². The second kappa shape index (κ2) is 6.67. The van der Waals surface area contributed by atoms with Gasteiger partial charge in [0, 0.05) is 10.7 Å². The molecule has 1 aliphatic carbocycles. The van der Waals surface area contributed by atoms with Gasteiger partial charge < -0.3 is 4.74 Å². The number of rotatable bonds is 4. The third-order valence-corrected chi connectivity index (χ3v) is 5.80. The molecule has 0 N–H and O–H groups in total. The molecule has 2 atom stereocenters. The lowest BCUT2D eigenvalue weighted by Gasteiger charge is -2.31. The van der Waals surface area contributed by atoms with E-state index in [4.69, 9.17) is 15.4 Å². The van der Waals surface area contributed by atoms with Gasteiger partial charge in [-0.1, -0.05) is 13.3 Å². The first kappa shape index (κ1) is 16.1. The molecule has 2 rings (SSSR count). The zero-order valence-electron chi connectivity index (χ0n) is 11.3. The van der Waals surface area contributed by atoms with Crippen molar-refractivity contribution in [1.29, 1.82) is 0 Å². The maximum Gasteiger partial charge on any atom is 0.261 e. The van der Waals surface area contributed by atoms with Crippen molar-refractivity contribution >= 4 is 35.7 Å². The monoisotopic (exact) mass is 380 g/mol. The van der Waals surface area contributed by atoms with E-state index < -0.39 is 9.05 Å². The maximum atomic E-state index is 11.3. The minimum absolute atomic E-state index is 0.0778. The van der Waals surface area contributed by atoms with E-state index in [9.17, 15) is 8.42 Å². The smallest absolute Gasteiger partial charge is 0.261 e. The zero-order valence-corrected chi connectivity index (χ0v) is 14.5. The zero-order chi connectivity index (χ0) is 14.8. The summed E-state index contributed by atoms with van der Waals surface area (Å²) in [5.41, 5.74) is 0. The van der Waals surface area contributed by atoms with Gasteiger partial charge in [-0.25, -0.2) is 8.42 Å². The fourth-order valence-corrected chi connectivity index (χ4v) is 4.09. The van der Waals surface area contributed by atoms with Crippen molar-refractivity contribution in [2.45, 2.75) is 50.0 Å². The van der Waals surface area contributed by atoms with Crippen LogP contribution in [0.2, 0.25) is 0 Å². The Labute approximate surface area is 133 Å². The van der Waals surface area contributed by atoms with E-state index in [2.05, 4.69) is 22.9 Å². The average Bonchev–Trinajstić information content (AvgIpc) is 2.40. The van der Waals surface area contributed by atoms with Crippen LogP contribution < -0.4 is 4.74 Å². The molecule has 1 aromatic carbocycles. The lowest BCUT2D eigenvalue weighted by atomic mass is 9.85. The van der Waals surface area contributed by atoms with Crippen LogP contribution in [0.1, 0.15) is 39.0 Å². The van der Waals surface area contributed by atoms with E-state index in [1.54, 1.807) is 6.07 Å². The predicted octanol–water partition coefficient (Wildman–Crippen LogP) is 4.72. The molecule has 3 nitrogen and oxygen atoms in total. The Balaban J connectivity index is 2.17. The van der Waals surface area contributed by atoms with Crippen molar-refractivity contribution in [3.8, 4) is 5.75 Å². The second-order valence-electron chi connectivity index (χ2n) is 5.14. The van der Waals surface area contributed by atoms with Gasteiger partial charge in [0.05, 0.1) is 9.37 Å². The Morgan fingerprint density at radius 1 is 1.35 bits per heavy atom. The van der Waals surface area contributed by atoms with E-state index >= 15 is 0 Å². The Bertz CT molecular complexity index is 574. The van der Waals surface area contributed by atoms with Gasteiger partial charge in [-0.05, 0) is 65.7 Å². The first-order valence-electron chi connectivity index (χ1n) is 6.82. The average molecular weight is 382 g/mol. The molecule has 0 saturated heterocycles. The molecule has 2 unspecified atom stereocenters. The van der Waals surface area contributed by atoms with Crippen molar-refractivity contribution in [2.24, 2.45) is 5.92 Å². The largest absolute Gasteiger partial charge is 0.489 e. The number of benzene rings is 1. The van der Waals surface area contributed by atoms with Crippen LogP contribution >= 0.6 is 26.6 Å². The van der Waals surface area contributed by atoms with Gasteiger partial charge in [-0.15, -0.1) is 0 Å². The molecule has 0 aliphatic heterocycles. The van der Waals surface area contributed by atoms with E-state index in [0.29, 0.717) is 16.1 Å². The molecular formula is C14H18BrClO3S. The van der Waals surface area contributed by atoms with Crippen LogP contribution in [0.15, 0.2) is 27.6 Å². The van der Waals surface area contributed by atoms with Gasteiger partial charge in [0.1, 0.15) is 11.9 Å². The van der Waals surface area contributed by atoms with Crippen LogP contribution in [-0.2, 0) is 9.05 Å². The molecule has 1 saturated carbocycles. The van der Waals surface area contributed by atoms with Crippen LogP contribution in [0.5, 0.6) is 5.75 Å². The van der Waals surface area contributed by atoms with E-state index in [0.717, 1.165) is 12.8 Å². The molecule has 1 fully saturated rings. The highest BCUT2D eigenvalue weighted by Crippen LogP contribution is 2.34. The van der Waals surface area contributed by atoms with Crippen LogP contribution in [0.25, 0.3) is 0 Å². The van der Waals surface area contributed by atoms with Gasteiger partial charge >= 0.3 is 0 Å². The molecule has 112 valence electrons. The molecule has 6 heteroatoms. The number of halogens is 2. The van der Waals surface area contributed by atoms with Crippen molar-refractivity contribution in [1.82, 2.24) is 0 Å². The van der Waals surface area contributed by atoms with Gasteiger partial charge in [-0.2, -0.15) is 0 Å². The third-order valence-electron chi connectivity index (χ3n) is 3.83. The summed E-state index contributed by atoms with van der Waals surface area (Å²) in [6, 6.07) is 4.63. The fourth-order valence-electron chi connectivity index (χ4n) is 2.69. The molecular weight excluding hydrogens is 364 g/mol. The van der Waals surface area contributed by atoms with Crippen molar-refractivity contribution < 1.29 is 13.2 Å². The molecule has 0 aromatic heterocycles. The summed E-state index contributed by atoms with van der Waals surface area (Å²) in [5, 5.41) is 0. The summed E-state index contributed by atoms with van der Waals surface area (Å²) >= 11 is 3.36. The third kappa shape index (κ3) is 3.89. The Morgan fingerprint density at radius 2 is 2.05 bits per heavy atom. The highest BCUT2D eigenvalue weighted by molar-refractivity contribution is 9.10. The standard InChI is InChI=1S/C14H18BrClO3S/c1-2-10-5-3-4-6-13(10)19-14-8-7-11(9-12(14)15)20(16,17)18/h7-10,13H,2-6H2,1H3. The first-order valence-corrected chi connectivity index (χ1v) is 9.93. The van der Waals surface area contributed by atoms with Crippen molar-refractivity contribution in [3.63, 3.8) is 0 Å². The highest BCUT2D eigenvalue weighted by Gasteiger charge is 2.26. The van der Waals surface area contributed by atoms with Gasteiger partial charge in [0.15, 0.2) is 0 Å². The molecule has 0 heterocycles. The lowest BCUT2D eigenvalue weighted by Crippen LogP contribution is -2.30. The summed E-state index contributed by atoms with van der Waals surface area (Å²) in [4.78, 5) is 0.0778. The van der Waals surface area contributed by atoms with E-state index in [1.165, 1.54) is 31.4 Å². The predicted molar refractivity (Wildman–Crippen MR) is 83.8 cm³/mol. The van der Waals surface area contributed by atoms with Crippen molar-refractivity contribution in [2.75, 3.05) is 0 Å². The molecule has 0 spiro atoms. The van der Waals surface area contributed by atoms with Crippen LogP contribution in [-0.4, -0.2) is 14.5 Å². The number of hydrogen-bond acceptors (Lipinski definition) is 3. The van der Waals surface area contributed by atoms with Gasteiger partial charge in [0.2, 0.25) is 0 Å². The summed E-state index contributed by atoms with van der Waals surface area (Å²) in [7, 11) is 1.63. The maximum absolute atomic E-state index is 11.3. The molecule has 20 heavy (non-hydrogen) atoms.